The van der Waals surface area contributed by atoms with E-state index < -0.39 is 0 Å². The Labute approximate surface area is 115 Å². The second-order valence-corrected chi connectivity index (χ2v) is 5.41. The molecule has 0 bridgehead atoms. The second-order valence-electron chi connectivity index (χ2n) is 5.41. The molecule has 0 aromatic heterocycles. The maximum Gasteiger partial charge on any atom is -0.00137 e. The zero-order valence-electron chi connectivity index (χ0n) is 11.5. The van der Waals surface area contributed by atoms with Gasteiger partial charge in [0.25, 0.3) is 0 Å². The number of aryl methyl sites for hydroxylation is 1. The van der Waals surface area contributed by atoms with Gasteiger partial charge in [0.1, 0.15) is 0 Å². The molecule has 94 valence electrons. The molecule has 1 aliphatic rings. The van der Waals surface area contributed by atoms with Gasteiger partial charge in [-0.25, -0.2) is 0 Å². The lowest BCUT2D eigenvalue weighted by Gasteiger charge is -2.08. The molecule has 0 aliphatic heterocycles. The van der Waals surface area contributed by atoms with E-state index in [2.05, 4.69) is 69.0 Å². The average molecular weight is 246 g/mol. The Morgan fingerprint density at radius 1 is 1.11 bits per heavy atom. The molecule has 1 aliphatic carbocycles. The van der Waals surface area contributed by atoms with Crippen LogP contribution >= 0.6 is 0 Å². The fourth-order valence-electron chi connectivity index (χ4n) is 2.68. The molecule has 0 fully saturated rings. The zero-order chi connectivity index (χ0) is 13.4. The fourth-order valence-corrected chi connectivity index (χ4v) is 2.68. The average Bonchev–Trinajstić information content (AvgIpc) is 2.81. The van der Waals surface area contributed by atoms with E-state index in [-0.39, 0.29) is 0 Å². The minimum absolute atomic E-state index is 1.04. The van der Waals surface area contributed by atoms with Crippen molar-refractivity contribution >= 4 is 17.2 Å². The second kappa shape index (κ2) is 4.55. The van der Waals surface area contributed by atoms with E-state index >= 15 is 0 Å². The Bertz CT molecular complexity index is 687. The summed E-state index contributed by atoms with van der Waals surface area (Å²) in [6, 6.07) is 15.4. The van der Waals surface area contributed by atoms with Crippen molar-refractivity contribution in [3.63, 3.8) is 0 Å². The minimum atomic E-state index is 1.04. The Balaban J connectivity index is 2.04. The van der Waals surface area contributed by atoms with Gasteiger partial charge in [-0.2, -0.15) is 0 Å². The van der Waals surface area contributed by atoms with E-state index in [1.54, 1.807) is 0 Å². The quantitative estimate of drug-likeness (QED) is 0.689. The van der Waals surface area contributed by atoms with Gasteiger partial charge >= 0.3 is 0 Å². The SMILES string of the molecule is C=C(C)c1cc(C)cc(C2=Cc3ccccc3C2)c1. The van der Waals surface area contributed by atoms with Crippen molar-refractivity contribution in [3.8, 4) is 0 Å². The van der Waals surface area contributed by atoms with Crippen molar-refractivity contribution in [2.75, 3.05) is 0 Å². The van der Waals surface area contributed by atoms with E-state index in [4.69, 9.17) is 0 Å². The molecule has 0 radical (unpaired) electrons. The molecule has 0 saturated heterocycles. The lowest BCUT2D eigenvalue weighted by Crippen LogP contribution is -1.89. The predicted octanol–water partition coefficient (Wildman–Crippen LogP) is 5.12. The Morgan fingerprint density at radius 3 is 2.63 bits per heavy atom. The molecule has 0 heterocycles. The summed E-state index contributed by atoms with van der Waals surface area (Å²) in [6.07, 6.45) is 3.35. The number of fused-ring (bicyclic) bond motifs is 1. The Hall–Kier alpha value is -2.08. The van der Waals surface area contributed by atoms with Crippen LogP contribution < -0.4 is 0 Å². The lowest BCUT2D eigenvalue weighted by atomic mass is 9.96. The number of benzene rings is 2. The van der Waals surface area contributed by atoms with Crippen LogP contribution in [0.25, 0.3) is 17.2 Å². The summed E-state index contributed by atoms with van der Waals surface area (Å²) in [5.74, 6) is 0. The van der Waals surface area contributed by atoms with Gasteiger partial charge in [0.05, 0.1) is 0 Å². The normalized spacial score (nSPS) is 13.1. The Kier molecular flexibility index (Phi) is 2.87. The van der Waals surface area contributed by atoms with E-state index in [1.165, 1.54) is 33.4 Å². The summed E-state index contributed by atoms with van der Waals surface area (Å²) in [5, 5.41) is 0. The monoisotopic (exact) mass is 246 g/mol. The third kappa shape index (κ3) is 2.26. The molecule has 0 saturated carbocycles. The summed E-state index contributed by atoms with van der Waals surface area (Å²) in [7, 11) is 0. The molecule has 19 heavy (non-hydrogen) atoms. The maximum atomic E-state index is 4.05. The van der Waals surface area contributed by atoms with Crippen molar-refractivity contribution < 1.29 is 0 Å². The number of allylic oxidation sites excluding steroid dienone is 2. The molecular weight excluding hydrogens is 228 g/mol. The highest BCUT2D eigenvalue weighted by atomic mass is 14.2. The topological polar surface area (TPSA) is 0 Å². The fraction of sp³-hybridized carbons (Fsp3) is 0.158. The summed E-state index contributed by atoms with van der Waals surface area (Å²) in [6.45, 7) is 8.27. The van der Waals surface area contributed by atoms with Gasteiger partial charge in [0.2, 0.25) is 0 Å². The largest absolute Gasteiger partial charge is 0.0955 e. The van der Waals surface area contributed by atoms with E-state index in [0.717, 1.165) is 12.0 Å². The van der Waals surface area contributed by atoms with Gasteiger partial charge in [-0.15, -0.1) is 0 Å². The number of hydrogen-bond donors (Lipinski definition) is 0. The molecule has 0 heteroatoms. The lowest BCUT2D eigenvalue weighted by molar-refractivity contribution is 1.30. The van der Waals surface area contributed by atoms with Crippen molar-refractivity contribution in [1.29, 1.82) is 0 Å². The molecule has 3 rings (SSSR count). The van der Waals surface area contributed by atoms with Gasteiger partial charge in [-0.3, -0.25) is 0 Å². The molecule has 0 spiro atoms. The Morgan fingerprint density at radius 2 is 1.89 bits per heavy atom. The van der Waals surface area contributed by atoms with E-state index in [9.17, 15) is 0 Å². The number of hydrogen-bond acceptors (Lipinski definition) is 0. The van der Waals surface area contributed by atoms with Crippen LogP contribution in [0.4, 0.5) is 0 Å². The molecule has 0 amide bonds. The third-order valence-electron chi connectivity index (χ3n) is 3.71. The van der Waals surface area contributed by atoms with Crippen LogP contribution in [0.2, 0.25) is 0 Å². The molecule has 2 aromatic carbocycles. The smallest absolute Gasteiger partial charge is 0.00137 e. The van der Waals surface area contributed by atoms with Crippen LogP contribution in [0.15, 0.2) is 49.0 Å². The van der Waals surface area contributed by atoms with Gasteiger partial charge in [0, 0.05) is 0 Å². The minimum Gasteiger partial charge on any atom is -0.0955 e. The number of rotatable bonds is 2. The van der Waals surface area contributed by atoms with Crippen LogP contribution in [0, 0.1) is 6.92 Å². The predicted molar refractivity (Wildman–Crippen MR) is 83.9 cm³/mol. The van der Waals surface area contributed by atoms with Crippen molar-refractivity contribution in [3.05, 3.63) is 76.9 Å². The standard InChI is InChI=1S/C19H18/c1-13(2)17-8-14(3)9-18(12-17)19-10-15-6-4-5-7-16(15)11-19/h4-10,12H,1,11H2,2-3H3. The molecular formula is C19H18. The maximum absolute atomic E-state index is 4.05. The zero-order valence-corrected chi connectivity index (χ0v) is 11.5. The first-order valence-electron chi connectivity index (χ1n) is 6.70. The molecule has 0 unspecified atom stereocenters. The summed E-state index contributed by atoms with van der Waals surface area (Å²) < 4.78 is 0. The van der Waals surface area contributed by atoms with Crippen molar-refractivity contribution in [1.82, 2.24) is 0 Å². The van der Waals surface area contributed by atoms with Crippen LogP contribution in [0.5, 0.6) is 0 Å². The van der Waals surface area contributed by atoms with Crippen LogP contribution in [-0.2, 0) is 6.42 Å². The summed E-state index contributed by atoms with van der Waals surface area (Å²) in [5.41, 5.74) is 9.19. The highest BCUT2D eigenvalue weighted by Gasteiger charge is 2.14. The first kappa shape index (κ1) is 12.0. The van der Waals surface area contributed by atoms with Gasteiger partial charge in [-0.05, 0) is 59.7 Å². The summed E-state index contributed by atoms with van der Waals surface area (Å²) in [4.78, 5) is 0. The van der Waals surface area contributed by atoms with Crippen LogP contribution in [-0.4, -0.2) is 0 Å². The summed E-state index contributed by atoms with van der Waals surface area (Å²) >= 11 is 0. The van der Waals surface area contributed by atoms with E-state index in [1.807, 2.05) is 0 Å². The third-order valence-corrected chi connectivity index (χ3v) is 3.71. The van der Waals surface area contributed by atoms with Gasteiger partial charge in [0.15, 0.2) is 0 Å². The highest BCUT2D eigenvalue weighted by Crippen LogP contribution is 2.32. The van der Waals surface area contributed by atoms with Gasteiger partial charge < -0.3 is 0 Å². The molecule has 0 nitrogen and oxygen atoms in total. The molecule has 0 N–H and O–H groups in total. The molecule has 0 atom stereocenters. The van der Waals surface area contributed by atoms with E-state index in [0.29, 0.717) is 0 Å². The van der Waals surface area contributed by atoms with Gasteiger partial charge in [-0.1, -0.05) is 54.6 Å². The van der Waals surface area contributed by atoms with Crippen LogP contribution in [0.1, 0.15) is 34.7 Å². The van der Waals surface area contributed by atoms with Crippen molar-refractivity contribution in [2.45, 2.75) is 20.3 Å². The highest BCUT2D eigenvalue weighted by molar-refractivity contribution is 5.89. The van der Waals surface area contributed by atoms with Crippen LogP contribution in [0.3, 0.4) is 0 Å². The first-order chi connectivity index (χ1) is 9.13. The van der Waals surface area contributed by atoms with Crippen molar-refractivity contribution in [2.24, 2.45) is 0 Å². The first-order valence-corrected chi connectivity index (χ1v) is 6.70. The molecule has 2 aromatic rings.